The third-order valence-corrected chi connectivity index (χ3v) is 6.21. The highest BCUT2D eigenvalue weighted by molar-refractivity contribution is 8.14. The van der Waals surface area contributed by atoms with E-state index in [0.717, 1.165) is 11.3 Å². The van der Waals surface area contributed by atoms with Gasteiger partial charge in [0.15, 0.2) is 5.17 Å². The normalized spacial score (nSPS) is 20.3. The van der Waals surface area contributed by atoms with E-state index in [0.29, 0.717) is 28.2 Å². The summed E-state index contributed by atoms with van der Waals surface area (Å²) in [6.45, 7) is 2.43. The van der Waals surface area contributed by atoms with E-state index >= 15 is 0 Å². The number of carbonyl (C=O) groups is 2. The van der Waals surface area contributed by atoms with Gasteiger partial charge in [0.1, 0.15) is 11.9 Å². The molecule has 0 bridgehead atoms. The number of amidine groups is 1. The van der Waals surface area contributed by atoms with Gasteiger partial charge in [-0.1, -0.05) is 35.5 Å². The minimum atomic E-state index is -0.375. The molecule has 0 saturated carbocycles. The first kappa shape index (κ1) is 21.6. The molecule has 1 fully saturated rings. The SMILES string of the molecule is COc1ccc(N2C(=O)C3CNNC3N=C2SCC(=O)Nc2cccc(C)c2)cc1Cl. The van der Waals surface area contributed by atoms with E-state index in [9.17, 15) is 9.59 Å². The summed E-state index contributed by atoms with van der Waals surface area (Å²) >= 11 is 7.49. The van der Waals surface area contributed by atoms with Gasteiger partial charge < -0.3 is 10.1 Å². The maximum absolute atomic E-state index is 13.2. The van der Waals surface area contributed by atoms with Crippen LogP contribution in [0.1, 0.15) is 5.56 Å². The molecule has 2 atom stereocenters. The Morgan fingerprint density at radius 2 is 2.19 bits per heavy atom. The lowest BCUT2D eigenvalue weighted by Gasteiger charge is -2.32. The lowest BCUT2D eigenvalue weighted by atomic mass is 10.0. The second-order valence-corrected chi connectivity index (χ2v) is 8.54. The highest BCUT2D eigenvalue weighted by atomic mass is 35.5. The number of rotatable bonds is 5. The Morgan fingerprint density at radius 1 is 1.35 bits per heavy atom. The van der Waals surface area contributed by atoms with Crippen molar-refractivity contribution >= 4 is 51.7 Å². The molecule has 10 heteroatoms. The van der Waals surface area contributed by atoms with Crippen molar-refractivity contribution in [2.24, 2.45) is 10.9 Å². The van der Waals surface area contributed by atoms with Gasteiger partial charge in [0.05, 0.1) is 29.5 Å². The van der Waals surface area contributed by atoms with E-state index in [-0.39, 0.29) is 29.7 Å². The number of anilines is 2. The van der Waals surface area contributed by atoms with Gasteiger partial charge in [0, 0.05) is 12.2 Å². The number of nitrogens with zero attached hydrogens (tertiary/aromatic N) is 2. The van der Waals surface area contributed by atoms with E-state index in [4.69, 9.17) is 16.3 Å². The van der Waals surface area contributed by atoms with Crippen LogP contribution in [0.25, 0.3) is 0 Å². The number of ether oxygens (including phenoxy) is 1. The standard InChI is InChI=1S/C21H22ClN5O3S/c1-12-4-3-5-13(8-12)24-18(28)11-31-21-25-19-15(10-23-26-19)20(29)27(21)14-6-7-17(30-2)16(22)9-14/h3-9,15,19,23,26H,10-11H2,1-2H3,(H,24,28). The van der Waals surface area contributed by atoms with Gasteiger partial charge in [0.2, 0.25) is 11.8 Å². The Hall–Kier alpha value is -2.59. The quantitative estimate of drug-likeness (QED) is 0.636. The number of aliphatic imine (C=N–C) groups is 1. The minimum absolute atomic E-state index is 0.102. The number of methoxy groups -OCH3 is 1. The van der Waals surface area contributed by atoms with Crippen LogP contribution in [-0.4, -0.2) is 42.6 Å². The van der Waals surface area contributed by atoms with Gasteiger partial charge >= 0.3 is 0 Å². The monoisotopic (exact) mass is 459 g/mol. The zero-order chi connectivity index (χ0) is 22.0. The highest BCUT2D eigenvalue weighted by Crippen LogP contribution is 2.34. The molecule has 1 saturated heterocycles. The van der Waals surface area contributed by atoms with E-state index < -0.39 is 0 Å². The van der Waals surface area contributed by atoms with E-state index in [1.807, 2.05) is 31.2 Å². The van der Waals surface area contributed by atoms with Gasteiger partial charge in [-0.15, -0.1) is 0 Å². The number of carbonyl (C=O) groups excluding carboxylic acids is 2. The maximum Gasteiger partial charge on any atom is 0.241 e. The Morgan fingerprint density at radius 3 is 2.94 bits per heavy atom. The van der Waals surface area contributed by atoms with Crippen molar-refractivity contribution < 1.29 is 14.3 Å². The van der Waals surface area contributed by atoms with E-state index in [1.165, 1.54) is 23.8 Å². The largest absolute Gasteiger partial charge is 0.495 e. The molecule has 2 heterocycles. The summed E-state index contributed by atoms with van der Waals surface area (Å²) in [5.74, 6) is -0.0176. The highest BCUT2D eigenvalue weighted by Gasteiger charge is 2.42. The number of aryl methyl sites for hydroxylation is 1. The summed E-state index contributed by atoms with van der Waals surface area (Å²) < 4.78 is 5.21. The number of hydrazine groups is 1. The van der Waals surface area contributed by atoms with Crippen LogP contribution >= 0.6 is 23.4 Å². The second-order valence-electron chi connectivity index (χ2n) is 7.19. The van der Waals surface area contributed by atoms with Crippen LogP contribution in [0, 0.1) is 12.8 Å². The van der Waals surface area contributed by atoms with Crippen LogP contribution in [0.3, 0.4) is 0 Å². The van der Waals surface area contributed by atoms with Crippen LogP contribution < -0.4 is 25.8 Å². The topological polar surface area (TPSA) is 95.1 Å². The Labute approximate surface area is 189 Å². The van der Waals surface area contributed by atoms with Crippen molar-refractivity contribution in [1.82, 2.24) is 10.9 Å². The van der Waals surface area contributed by atoms with Crippen LogP contribution in [-0.2, 0) is 9.59 Å². The molecule has 2 unspecified atom stereocenters. The van der Waals surface area contributed by atoms with Gasteiger partial charge in [-0.3, -0.25) is 19.9 Å². The van der Waals surface area contributed by atoms with Crippen molar-refractivity contribution in [3.8, 4) is 5.75 Å². The lowest BCUT2D eigenvalue weighted by molar-refractivity contribution is -0.121. The number of amides is 2. The molecule has 31 heavy (non-hydrogen) atoms. The summed E-state index contributed by atoms with van der Waals surface area (Å²) in [5.41, 5.74) is 8.35. The van der Waals surface area contributed by atoms with E-state index in [2.05, 4.69) is 21.2 Å². The molecule has 0 spiro atoms. The molecule has 2 amide bonds. The molecule has 162 valence electrons. The Bertz CT molecular complexity index is 1050. The van der Waals surface area contributed by atoms with Crippen LogP contribution in [0.2, 0.25) is 5.02 Å². The summed E-state index contributed by atoms with van der Waals surface area (Å²) in [4.78, 5) is 31.9. The molecule has 2 aromatic carbocycles. The van der Waals surface area contributed by atoms with Gasteiger partial charge in [-0.2, -0.15) is 0 Å². The third kappa shape index (κ3) is 4.69. The number of nitrogens with one attached hydrogen (secondary N) is 3. The molecule has 2 aromatic rings. The molecular weight excluding hydrogens is 438 g/mol. The zero-order valence-corrected chi connectivity index (χ0v) is 18.6. The first-order valence-electron chi connectivity index (χ1n) is 9.69. The van der Waals surface area contributed by atoms with Crippen LogP contribution in [0.4, 0.5) is 11.4 Å². The molecule has 3 N–H and O–H groups in total. The van der Waals surface area contributed by atoms with Crippen molar-refractivity contribution in [2.75, 3.05) is 29.6 Å². The van der Waals surface area contributed by atoms with Crippen molar-refractivity contribution in [3.63, 3.8) is 0 Å². The van der Waals surface area contributed by atoms with Crippen molar-refractivity contribution in [2.45, 2.75) is 13.1 Å². The first-order chi connectivity index (χ1) is 15.0. The fraction of sp³-hybridized carbons (Fsp3) is 0.286. The zero-order valence-electron chi connectivity index (χ0n) is 17.0. The average molecular weight is 460 g/mol. The molecule has 2 aliphatic rings. The van der Waals surface area contributed by atoms with E-state index in [1.54, 1.807) is 18.2 Å². The minimum Gasteiger partial charge on any atom is -0.495 e. The number of fused-ring (bicyclic) bond motifs is 1. The fourth-order valence-electron chi connectivity index (χ4n) is 3.45. The molecule has 8 nitrogen and oxygen atoms in total. The van der Waals surface area contributed by atoms with Crippen molar-refractivity contribution in [3.05, 3.63) is 53.1 Å². The number of hydrogen-bond donors (Lipinski definition) is 3. The number of benzene rings is 2. The summed E-state index contributed by atoms with van der Waals surface area (Å²) in [5, 5.41) is 3.70. The van der Waals surface area contributed by atoms with Crippen LogP contribution in [0.5, 0.6) is 5.75 Å². The first-order valence-corrected chi connectivity index (χ1v) is 11.1. The number of thioether (sulfide) groups is 1. The third-order valence-electron chi connectivity index (χ3n) is 4.96. The fourth-order valence-corrected chi connectivity index (χ4v) is 4.55. The summed E-state index contributed by atoms with van der Waals surface area (Å²) in [6, 6.07) is 12.7. The molecule has 2 aliphatic heterocycles. The molecule has 0 aliphatic carbocycles. The van der Waals surface area contributed by atoms with Gasteiger partial charge in [-0.25, -0.2) is 10.4 Å². The molecule has 0 radical (unpaired) electrons. The van der Waals surface area contributed by atoms with Crippen LogP contribution in [0.15, 0.2) is 47.5 Å². The summed E-state index contributed by atoms with van der Waals surface area (Å²) in [7, 11) is 1.53. The van der Waals surface area contributed by atoms with Crippen molar-refractivity contribution in [1.29, 1.82) is 0 Å². The Kier molecular flexibility index (Phi) is 6.47. The summed E-state index contributed by atoms with van der Waals surface area (Å²) in [6.07, 6.45) is -0.375. The number of hydrogen-bond acceptors (Lipinski definition) is 7. The predicted octanol–water partition coefficient (Wildman–Crippen LogP) is 2.78. The van der Waals surface area contributed by atoms with Gasteiger partial charge in [-0.05, 0) is 42.8 Å². The second kappa shape index (κ2) is 9.27. The molecule has 0 aromatic heterocycles. The van der Waals surface area contributed by atoms with Gasteiger partial charge in [0.25, 0.3) is 0 Å². The molecule has 4 rings (SSSR count). The Balaban J connectivity index is 1.54. The smallest absolute Gasteiger partial charge is 0.241 e. The number of halogens is 1. The molecular formula is C21H22ClN5O3S. The predicted molar refractivity (Wildman–Crippen MR) is 124 cm³/mol. The average Bonchev–Trinajstić information content (AvgIpc) is 3.21. The maximum atomic E-state index is 13.2. The lowest BCUT2D eigenvalue weighted by Crippen LogP contribution is -2.49.